The highest BCUT2D eigenvalue weighted by Gasteiger charge is 2.14. The van der Waals surface area contributed by atoms with Gasteiger partial charge >= 0.3 is 6.03 Å². The van der Waals surface area contributed by atoms with Gasteiger partial charge in [0.05, 0.1) is 19.8 Å². The van der Waals surface area contributed by atoms with Gasteiger partial charge in [-0.2, -0.15) is 0 Å². The molecule has 2 aromatic rings. The van der Waals surface area contributed by atoms with Crippen LogP contribution in [0.1, 0.15) is 11.3 Å². The van der Waals surface area contributed by atoms with Crippen molar-refractivity contribution in [2.75, 3.05) is 39.4 Å². The van der Waals surface area contributed by atoms with Gasteiger partial charge in [0.1, 0.15) is 5.69 Å². The lowest BCUT2D eigenvalue weighted by Crippen LogP contribution is -2.43. The minimum atomic E-state index is -0.197. The van der Waals surface area contributed by atoms with E-state index in [1.165, 1.54) is 0 Å². The van der Waals surface area contributed by atoms with Crippen molar-refractivity contribution >= 4 is 6.03 Å². The first kappa shape index (κ1) is 17.4. The number of hydrogen-bond donors (Lipinski definition) is 2. The first-order valence-electron chi connectivity index (χ1n) is 8.56. The zero-order valence-corrected chi connectivity index (χ0v) is 14.5. The molecule has 1 aliphatic rings. The molecular formula is C18H24N4O3. The van der Waals surface area contributed by atoms with E-state index in [2.05, 4.69) is 20.7 Å². The summed E-state index contributed by atoms with van der Waals surface area (Å²) in [7, 11) is 0. The molecule has 1 aromatic carbocycles. The molecule has 3 rings (SSSR count). The molecule has 134 valence electrons. The molecule has 0 aliphatic carbocycles. The minimum absolute atomic E-state index is 0.197. The highest BCUT2D eigenvalue weighted by atomic mass is 16.5. The number of carbonyl (C=O) groups excluding carboxylic acids is 1. The van der Waals surface area contributed by atoms with E-state index in [1.54, 1.807) is 0 Å². The molecule has 1 fully saturated rings. The lowest BCUT2D eigenvalue weighted by Gasteiger charge is -2.26. The maximum Gasteiger partial charge on any atom is 0.315 e. The predicted octanol–water partition coefficient (Wildman–Crippen LogP) is 1.78. The number of aromatic nitrogens is 1. The summed E-state index contributed by atoms with van der Waals surface area (Å²) < 4.78 is 10.7. The number of morpholine rings is 1. The van der Waals surface area contributed by atoms with Gasteiger partial charge in [0, 0.05) is 37.3 Å². The van der Waals surface area contributed by atoms with Crippen LogP contribution in [0.2, 0.25) is 0 Å². The van der Waals surface area contributed by atoms with Gasteiger partial charge in [-0.3, -0.25) is 4.90 Å². The summed E-state index contributed by atoms with van der Waals surface area (Å²) in [6.07, 6.45) is 0. The molecule has 7 heteroatoms. The van der Waals surface area contributed by atoms with Crippen molar-refractivity contribution < 1.29 is 14.1 Å². The first-order valence-corrected chi connectivity index (χ1v) is 8.56. The maximum absolute atomic E-state index is 11.9. The van der Waals surface area contributed by atoms with Crippen LogP contribution in [-0.2, 0) is 11.3 Å². The molecule has 0 unspecified atom stereocenters. The number of urea groups is 1. The minimum Gasteiger partial charge on any atom is -0.379 e. The molecule has 2 N–H and O–H groups in total. The number of amides is 2. The second-order valence-electron chi connectivity index (χ2n) is 6.01. The summed E-state index contributed by atoms with van der Waals surface area (Å²) in [5.41, 5.74) is 2.66. The van der Waals surface area contributed by atoms with E-state index < -0.39 is 0 Å². The molecule has 1 aromatic heterocycles. The molecular weight excluding hydrogens is 320 g/mol. The fourth-order valence-electron chi connectivity index (χ4n) is 2.77. The summed E-state index contributed by atoms with van der Waals surface area (Å²) in [6, 6.07) is 9.62. The monoisotopic (exact) mass is 344 g/mol. The number of nitrogens with one attached hydrogen (secondary N) is 2. The fourth-order valence-corrected chi connectivity index (χ4v) is 2.77. The van der Waals surface area contributed by atoms with Crippen molar-refractivity contribution in [3.8, 4) is 11.3 Å². The molecule has 1 saturated heterocycles. The lowest BCUT2D eigenvalue weighted by molar-refractivity contribution is 0.0387. The van der Waals surface area contributed by atoms with Gasteiger partial charge in [0.25, 0.3) is 0 Å². The normalized spacial score (nSPS) is 15.1. The summed E-state index contributed by atoms with van der Waals surface area (Å²) in [4.78, 5) is 14.2. The zero-order valence-electron chi connectivity index (χ0n) is 14.5. The Labute approximate surface area is 147 Å². The van der Waals surface area contributed by atoms with Crippen molar-refractivity contribution in [2.45, 2.75) is 13.5 Å². The molecule has 0 atom stereocenters. The van der Waals surface area contributed by atoms with Crippen LogP contribution in [-0.4, -0.2) is 55.5 Å². The van der Waals surface area contributed by atoms with E-state index in [1.807, 2.05) is 37.3 Å². The highest BCUT2D eigenvalue weighted by Crippen LogP contribution is 2.25. The predicted molar refractivity (Wildman–Crippen MR) is 94.2 cm³/mol. The molecule has 25 heavy (non-hydrogen) atoms. The quantitative estimate of drug-likeness (QED) is 0.835. The summed E-state index contributed by atoms with van der Waals surface area (Å²) >= 11 is 0. The number of ether oxygens (including phenoxy) is 1. The Balaban J connectivity index is 1.44. The van der Waals surface area contributed by atoms with Gasteiger partial charge < -0.3 is 19.9 Å². The summed E-state index contributed by atoms with van der Waals surface area (Å²) in [5.74, 6) is 0.741. The molecule has 7 nitrogen and oxygen atoms in total. The third kappa shape index (κ3) is 4.80. The number of benzene rings is 1. The molecule has 0 bridgehead atoms. The zero-order chi connectivity index (χ0) is 17.5. The van der Waals surface area contributed by atoms with Crippen LogP contribution < -0.4 is 10.6 Å². The van der Waals surface area contributed by atoms with E-state index in [4.69, 9.17) is 9.26 Å². The average molecular weight is 344 g/mol. The highest BCUT2D eigenvalue weighted by molar-refractivity contribution is 5.73. The average Bonchev–Trinajstić information content (AvgIpc) is 3.02. The van der Waals surface area contributed by atoms with Gasteiger partial charge in [-0.25, -0.2) is 4.79 Å². The van der Waals surface area contributed by atoms with Crippen molar-refractivity contribution in [1.82, 2.24) is 20.7 Å². The van der Waals surface area contributed by atoms with Crippen molar-refractivity contribution in [3.63, 3.8) is 0 Å². The van der Waals surface area contributed by atoms with E-state index >= 15 is 0 Å². The van der Waals surface area contributed by atoms with E-state index in [9.17, 15) is 4.79 Å². The topological polar surface area (TPSA) is 79.6 Å². The van der Waals surface area contributed by atoms with Crippen LogP contribution in [0.3, 0.4) is 0 Å². The van der Waals surface area contributed by atoms with Crippen LogP contribution in [0.4, 0.5) is 4.79 Å². The molecule has 2 heterocycles. The van der Waals surface area contributed by atoms with Gasteiger partial charge in [-0.1, -0.05) is 35.5 Å². The van der Waals surface area contributed by atoms with E-state index in [0.29, 0.717) is 13.1 Å². The molecule has 0 spiro atoms. The Bertz CT molecular complexity index is 681. The summed E-state index contributed by atoms with van der Waals surface area (Å²) in [5, 5.41) is 9.77. The third-order valence-corrected chi connectivity index (χ3v) is 4.29. The SMILES string of the molecule is Cc1c(CNC(=O)NCCN2CCOCC2)noc1-c1ccccc1. The number of nitrogens with zero attached hydrogens (tertiary/aromatic N) is 2. The number of carbonyl (C=O) groups is 1. The van der Waals surface area contributed by atoms with Gasteiger partial charge in [0.15, 0.2) is 5.76 Å². The fraction of sp³-hybridized carbons (Fsp3) is 0.444. The second-order valence-corrected chi connectivity index (χ2v) is 6.01. The van der Waals surface area contributed by atoms with Crippen LogP contribution in [0.25, 0.3) is 11.3 Å². The first-order chi connectivity index (χ1) is 12.2. The van der Waals surface area contributed by atoms with Crippen molar-refractivity contribution in [2.24, 2.45) is 0 Å². The lowest BCUT2D eigenvalue weighted by atomic mass is 10.1. The van der Waals surface area contributed by atoms with Gasteiger partial charge in [-0.05, 0) is 6.92 Å². The van der Waals surface area contributed by atoms with Crippen LogP contribution in [0.5, 0.6) is 0 Å². The van der Waals surface area contributed by atoms with Gasteiger partial charge in [-0.15, -0.1) is 0 Å². The third-order valence-electron chi connectivity index (χ3n) is 4.29. The Morgan fingerprint density at radius 3 is 2.72 bits per heavy atom. The molecule has 2 amide bonds. The van der Waals surface area contributed by atoms with Crippen molar-refractivity contribution in [3.05, 3.63) is 41.6 Å². The van der Waals surface area contributed by atoms with Crippen LogP contribution in [0.15, 0.2) is 34.9 Å². The van der Waals surface area contributed by atoms with Crippen LogP contribution >= 0.6 is 0 Å². The Morgan fingerprint density at radius 1 is 1.20 bits per heavy atom. The maximum atomic E-state index is 11.9. The smallest absolute Gasteiger partial charge is 0.315 e. The largest absolute Gasteiger partial charge is 0.379 e. The summed E-state index contributed by atoms with van der Waals surface area (Å²) in [6.45, 7) is 7.10. The second kappa shape index (κ2) is 8.64. The van der Waals surface area contributed by atoms with Crippen LogP contribution in [0, 0.1) is 6.92 Å². The van der Waals surface area contributed by atoms with E-state index in [0.717, 1.165) is 55.4 Å². The van der Waals surface area contributed by atoms with E-state index in [-0.39, 0.29) is 6.03 Å². The molecule has 1 aliphatic heterocycles. The number of rotatable bonds is 6. The Kier molecular flexibility index (Phi) is 6.03. The molecule has 0 saturated carbocycles. The Morgan fingerprint density at radius 2 is 1.96 bits per heavy atom. The molecule has 0 radical (unpaired) electrons. The van der Waals surface area contributed by atoms with Crippen molar-refractivity contribution in [1.29, 1.82) is 0 Å². The number of hydrogen-bond acceptors (Lipinski definition) is 5. The van der Waals surface area contributed by atoms with Gasteiger partial charge in [0.2, 0.25) is 0 Å². The Hall–Kier alpha value is -2.38. The standard InChI is InChI=1S/C18H24N4O3/c1-14-16(21-25-17(14)15-5-3-2-4-6-15)13-20-18(23)19-7-8-22-9-11-24-12-10-22/h2-6H,7-13H2,1H3,(H2,19,20,23).